The van der Waals surface area contributed by atoms with Crippen LogP contribution in [0.25, 0.3) is 0 Å². The van der Waals surface area contributed by atoms with Gasteiger partial charge in [-0.05, 0) is 79.4 Å². The number of carbonyl (C=O) groups is 2. The van der Waals surface area contributed by atoms with E-state index >= 15 is 0 Å². The van der Waals surface area contributed by atoms with Gasteiger partial charge in [0.2, 0.25) is 11.8 Å². The van der Waals surface area contributed by atoms with Crippen LogP contribution in [0.1, 0.15) is 30.0 Å². The van der Waals surface area contributed by atoms with Gasteiger partial charge in [0.1, 0.15) is 11.5 Å². The third-order valence-electron chi connectivity index (χ3n) is 6.06. The van der Waals surface area contributed by atoms with Gasteiger partial charge in [-0.25, -0.2) is 0 Å². The number of hydrogen-bond acceptors (Lipinski definition) is 3. The summed E-state index contributed by atoms with van der Waals surface area (Å²) in [5.74, 6) is 0.980. The zero-order chi connectivity index (χ0) is 22.7. The Balaban J connectivity index is 1.37. The van der Waals surface area contributed by atoms with Gasteiger partial charge in [-0.1, -0.05) is 31.2 Å². The van der Waals surface area contributed by atoms with Crippen molar-refractivity contribution in [2.45, 2.75) is 33.6 Å². The van der Waals surface area contributed by atoms with Crippen LogP contribution in [0.5, 0.6) is 11.5 Å². The maximum Gasteiger partial charge on any atom is 0.229 e. The van der Waals surface area contributed by atoms with Crippen molar-refractivity contribution >= 4 is 23.2 Å². The topological polar surface area (TPSA) is 58.6 Å². The fraction of sp³-hybridized carbons (Fsp3) is 0.259. The third-order valence-corrected chi connectivity index (χ3v) is 6.06. The number of benzene rings is 3. The van der Waals surface area contributed by atoms with E-state index in [1.54, 1.807) is 4.90 Å². The van der Waals surface area contributed by atoms with Crippen molar-refractivity contribution in [3.8, 4) is 11.5 Å². The normalized spacial score (nSPS) is 15.7. The molecule has 1 N–H and O–H groups in total. The number of anilines is 2. The molecule has 1 saturated heterocycles. The van der Waals surface area contributed by atoms with E-state index in [1.807, 2.05) is 67.6 Å². The van der Waals surface area contributed by atoms with E-state index in [1.165, 1.54) is 11.1 Å². The van der Waals surface area contributed by atoms with E-state index in [9.17, 15) is 9.59 Å². The van der Waals surface area contributed by atoms with E-state index < -0.39 is 0 Å². The van der Waals surface area contributed by atoms with Crippen LogP contribution in [-0.2, 0) is 16.0 Å². The Bertz CT molecular complexity index is 1120. The standard InChI is InChI=1S/C27H28N2O3/c1-4-20-8-12-23(13-9-20)29-17-21(16-26(29)30)27(31)28-22-10-14-24(15-11-22)32-25-7-5-6-18(2)19(25)3/h5-15,21H,4,16-17H2,1-3H3,(H,28,31)/t21-/m0/s1. The number of ether oxygens (including phenoxy) is 1. The summed E-state index contributed by atoms with van der Waals surface area (Å²) < 4.78 is 5.98. The molecule has 0 aliphatic carbocycles. The summed E-state index contributed by atoms with van der Waals surface area (Å²) in [7, 11) is 0. The second kappa shape index (κ2) is 9.27. The minimum Gasteiger partial charge on any atom is -0.457 e. The Morgan fingerprint density at radius 3 is 2.44 bits per heavy atom. The summed E-state index contributed by atoms with van der Waals surface area (Å²) in [4.78, 5) is 27.0. The summed E-state index contributed by atoms with van der Waals surface area (Å²) >= 11 is 0. The van der Waals surface area contributed by atoms with Crippen LogP contribution >= 0.6 is 0 Å². The third kappa shape index (κ3) is 4.67. The minimum atomic E-state index is -0.376. The summed E-state index contributed by atoms with van der Waals surface area (Å²) in [6.45, 7) is 6.57. The Morgan fingerprint density at radius 1 is 1.03 bits per heavy atom. The fourth-order valence-electron chi connectivity index (χ4n) is 3.86. The Labute approximate surface area is 189 Å². The van der Waals surface area contributed by atoms with Crippen molar-refractivity contribution in [2.24, 2.45) is 5.92 Å². The van der Waals surface area contributed by atoms with Crippen molar-refractivity contribution in [1.82, 2.24) is 0 Å². The molecular weight excluding hydrogens is 400 g/mol. The number of nitrogens with one attached hydrogen (secondary N) is 1. The molecule has 3 aromatic carbocycles. The van der Waals surface area contributed by atoms with E-state index in [0.29, 0.717) is 18.0 Å². The van der Waals surface area contributed by atoms with Crippen LogP contribution in [0.4, 0.5) is 11.4 Å². The zero-order valence-corrected chi connectivity index (χ0v) is 18.7. The monoisotopic (exact) mass is 428 g/mol. The molecule has 0 aromatic heterocycles. The predicted octanol–water partition coefficient (Wildman–Crippen LogP) is 5.65. The van der Waals surface area contributed by atoms with Crippen molar-refractivity contribution in [3.05, 3.63) is 83.4 Å². The van der Waals surface area contributed by atoms with Crippen LogP contribution in [0.2, 0.25) is 0 Å². The molecule has 1 aliphatic rings. The minimum absolute atomic E-state index is 0.0216. The number of aryl methyl sites for hydroxylation is 2. The summed E-state index contributed by atoms with van der Waals surface area (Å²) in [5.41, 5.74) is 5.02. The number of rotatable bonds is 6. The van der Waals surface area contributed by atoms with Gasteiger partial charge < -0.3 is 15.0 Å². The van der Waals surface area contributed by atoms with Gasteiger partial charge in [-0.3, -0.25) is 9.59 Å². The van der Waals surface area contributed by atoms with Gasteiger partial charge in [0.25, 0.3) is 0 Å². The maximum atomic E-state index is 12.8. The zero-order valence-electron chi connectivity index (χ0n) is 18.7. The molecule has 1 atom stereocenters. The smallest absolute Gasteiger partial charge is 0.229 e. The lowest BCUT2D eigenvalue weighted by Crippen LogP contribution is -2.28. The van der Waals surface area contributed by atoms with Crippen LogP contribution in [0, 0.1) is 19.8 Å². The lowest BCUT2D eigenvalue weighted by atomic mass is 10.1. The first kappa shape index (κ1) is 21.6. The van der Waals surface area contributed by atoms with Crippen molar-refractivity contribution in [3.63, 3.8) is 0 Å². The molecule has 0 saturated carbocycles. The predicted molar refractivity (Wildman–Crippen MR) is 127 cm³/mol. The van der Waals surface area contributed by atoms with E-state index in [2.05, 4.69) is 25.2 Å². The van der Waals surface area contributed by atoms with E-state index in [-0.39, 0.29) is 24.2 Å². The lowest BCUT2D eigenvalue weighted by Gasteiger charge is -2.17. The van der Waals surface area contributed by atoms with Gasteiger partial charge in [-0.2, -0.15) is 0 Å². The van der Waals surface area contributed by atoms with Gasteiger partial charge >= 0.3 is 0 Å². The van der Waals surface area contributed by atoms with E-state index in [0.717, 1.165) is 23.4 Å². The summed E-state index contributed by atoms with van der Waals surface area (Å²) in [6, 6.07) is 21.2. The van der Waals surface area contributed by atoms with Crippen molar-refractivity contribution in [1.29, 1.82) is 0 Å². The van der Waals surface area contributed by atoms with Gasteiger partial charge in [0.15, 0.2) is 0 Å². The first-order valence-corrected chi connectivity index (χ1v) is 11.0. The number of hydrogen-bond donors (Lipinski definition) is 1. The van der Waals surface area contributed by atoms with Gasteiger partial charge in [0, 0.05) is 24.3 Å². The van der Waals surface area contributed by atoms with Crippen molar-refractivity contribution in [2.75, 3.05) is 16.8 Å². The molecule has 1 fully saturated rings. The summed E-state index contributed by atoms with van der Waals surface area (Å²) in [6.07, 6.45) is 1.17. The highest BCUT2D eigenvalue weighted by Crippen LogP contribution is 2.29. The molecule has 164 valence electrons. The van der Waals surface area contributed by atoms with Gasteiger partial charge in [-0.15, -0.1) is 0 Å². The molecule has 3 aromatic rings. The Kier molecular flexibility index (Phi) is 6.26. The summed E-state index contributed by atoms with van der Waals surface area (Å²) in [5, 5.41) is 2.93. The van der Waals surface area contributed by atoms with Crippen LogP contribution < -0.4 is 15.0 Å². The highest BCUT2D eigenvalue weighted by molar-refractivity contribution is 6.03. The fourth-order valence-corrected chi connectivity index (χ4v) is 3.86. The second-order valence-electron chi connectivity index (χ2n) is 8.24. The molecule has 4 rings (SSSR count). The molecule has 1 heterocycles. The molecule has 0 bridgehead atoms. The van der Waals surface area contributed by atoms with Crippen molar-refractivity contribution < 1.29 is 14.3 Å². The molecule has 2 amide bonds. The molecule has 0 radical (unpaired) electrons. The van der Waals surface area contributed by atoms with Crippen LogP contribution in [-0.4, -0.2) is 18.4 Å². The van der Waals surface area contributed by atoms with E-state index in [4.69, 9.17) is 4.74 Å². The Hall–Kier alpha value is -3.60. The first-order valence-electron chi connectivity index (χ1n) is 11.0. The molecule has 0 unspecified atom stereocenters. The molecule has 1 aliphatic heterocycles. The highest BCUT2D eigenvalue weighted by atomic mass is 16.5. The highest BCUT2D eigenvalue weighted by Gasteiger charge is 2.35. The number of amides is 2. The van der Waals surface area contributed by atoms with Crippen LogP contribution in [0.3, 0.4) is 0 Å². The average molecular weight is 429 g/mol. The first-order chi connectivity index (χ1) is 15.4. The second-order valence-corrected chi connectivity index (χ2v) is 8.24. The number of nitrogens with zero attached hydrogens (tertiary/aromatic N) is 1. The maximum absolute atomic E-state index is 12.8. The molecule has 0 spiro atoms. The lowest BCUT2D eigenvalue weighted by molar-refractivity contribution is -0.122. The largest absolute Gasteiger partial charge is 0.457 e. The molecule has 5 nitrogen and oxygen atoms in total. The molecule has 5 heteroatoms. The quantitative estimate of drug-likeness (QED) is 0.552. The van der Waals surface area contributed by atoms with Crippen LogP contribution in [0.15, 0.2) is 66.7 Å². The number of carbonyl (C=O) groups excluding carboxylic acids is 2. The average Bonchev–Trinajstić information content (AvgIpc) is 3.20. The molecule has 32 heavy (non-hydrogen) atoms. The Morgan fingerprint density at radius 2 is 1.75 bits per heavy atom. The van der Waals surface area contributed by atoms with Gasteiger partial charge in [0.05, 0.1) is 5.92 Å². The molecular formula is C27H28N2O3. The SMILES string of the molecule is CCc1ccc(N2C[C@@H](C(=O)Nc3ccc(Oc4cccc(C)c4C)cc3)CC2=O)cc1.